The van der Waals surface area contributed by atoms with Gasteiger partial charge in [0.05, 0.1) is 5.70 Å². The van der Waals surface area contributed by atoms with Gasteiger partial charge in [-0.25, -0.2) is 4.79 Å². The highest BCUT2D eigenvalue weighted by Gasteiger charge is 2.44. The number of piperidine rings is 1. The van der Waals surface area contributed by atoms with Gasteiger partial charge >= 0.3 is 6.09 Å². The second-order valence-corrected chi connectivity index (χ2v) is 11.1. The molecular formula is C26H36N2O3. The maximum absolute atomic E-state index is 12.9. The predicted molar refractivity (Wildman–Crippen MR) is 122 cm³/mol. The van der Waals surface area contributed by atoms with E-state index in [0.717, 1.165) is 61.8 Å². The summed E-state index contributed by atoms with van der Waals surface area (Å²) >= 11 is 0. The number of fused-ring (bicyclic) bond motifs is 1. The van der Waals surface area contributed by atoms with E-state index in [1.807, 2.05) is 25.7 Å². The van der Waals surface area contributed by atoms with Crippen molar-refractivity contribution in [3.63, 3.8) is 0 Å². The Labute approximate surface area is 186 Å². The Morgan fingerprint density at radius 3 is 2.61 bits per heavy atom. The summed E-state index contributed by atoms with van der Waals surface area (Å²) in [6.07, 6.45) is 8.85. The zero-order valence-electron chi connectivity index (χ0n) is 19.4. The smallest absolute Gasteiger partial charge is 0.414 e. The average molecular weight is 425 g/mol. The number of benzene rings is 1. The monoisotopic (exact) mass is 424 g/mol. The molecular weight excluding hydrogens is 388 g/mol. The Hall–Kier alpha value is -2.01. The Morgan fingerprint density at radius 1 is 1.19 bits per heavy atom. The molecule has 0 bridgehead atoms. The van der Waals surface area contributed by atoms with E-state index in [9.17, 15) is 4.79 Å². The third kappa shape index (κ3) is 4.34. The molecule has 5 nitrogen and oxygen atoms in total. The van der Waals surface area contributed by atoms with E-state index < -0.39 is 5.60 Å². The number of hydrogen-bond donors (Lipinski definition) is 0. The van der Waals surface area contributed by atoms with Crippen molar-refractivity contribution < 1.29 is 14.3 Å². The van der Waals surface area contributed by atoms with Gasteiger partial charge < -0.3 is 14.4 Å². The SMILES string of the molecule is C[C@H]1CC=C(c2ccc3c(c2)CC2(CCN(C4CC4)CC2)O3)N(C(=O)OC(C)(C)C)C1. The van der Waals surface area contributed by atoms with Crippen LogP contribution in [0.4, 0.5) is 4.79 Å². The van der Waals surface area contributed by atoms with Crippen molar-refractivity contribution in [2.75, 3.05) is 19.6 Å². The summed E-state index contributed by atoms with van der Waals surface area (Å²) in [5.74, 6) is 1.45. The fourth-order valence-corrected chi connectivity index (χ4v) is 5.28. The number of carbonyl (C=O) groups excluding carboxylic acids is 1. The van der Waals surface area contributed by atoms with E-state index in [2.05, 4.69) is 36.1 Å². The highest BCUT2D eigenvalue weighted by atomic mass is 16.6. The molecule has 1 aromatic rings. The maximum Gasteiger partial charge on any atom is 0.414 e. The van der Waals surface area contributed by atoms with E-state index >= 15 is 0 Å². The molecule has 1 aromatic carbocycles. The maximum atomic E-state index is 12.9. The first kappa shape index (κ1) is 20.9. The van der Waals surface area contributed by atoms with Crippen LogP contribution in [0.1, 0.15) is 70.9 Å². The molecule has 4 aliphatic rings. The van der Waals surface area contributed by atoms with E-state index in [1.54, 1.807) is 0 Å². The Balaban J connectivity index is 1.34. The molecule has 1 amide bonds. The zero-order valence-corrected chi connectivity index (χ0v) is 19.4. The third-order valence-electron chi connectivity index (χ3n) is 7.08. The highest BCUT2D eigenvalue weighted by molar-refractivity contribution is 5.83. The number of likely N-dealkylation sites (tertiary alicyclic amines) is 1. The molecule has 1 spiro atoms. The Bertz CT molecular complexity index is 888. The summed E-state index contributed by atoms with van der Waals surface area (Å²) in [7, 11) is 0. The van der Waals surface area contributed by atoms with E-state index in [0.29, 0.717) is 12.5 Å². The molecule has 1 atom stereocenters. The van der Waals surface area contributed by atoms with Gasteiger partial charge in [0.1, 0.15) is 17.0 Å². The van der Waals surface area contributed by atoms with Gasteiger partial charge in [-0.15, -0.1) is 0 Å². The van der Waals surface area contributed by atoms with Crippen molar-refractivity contribution in [1.82, 2.24) is 9.80 Å². The van der Waals surface area contributed by atoms with Gasteiger partial charge in [-0.2, -0.15) is 0 Å². The first-order valence-electron chi connectivity index (χ1n) is 12.0. The number of hydrogen-bond acceptors (Lipinski definition) is 4. The minimum atomic E-state index is -0.504. The molecule has 0 unspecified atom stereocenters. The standard InChI is InChI=1S/C26H36N2O3/c1-18-5-9-22(28(17-18)24(29)31-25(2,3)4)19-6-10-23-20(15-19)16-26(30-23)11-13-27(14-12-26)21-7-8-21/h6,9-10,15,18,21H,5,7-8,11-14,16-17H2,1-4H3/t18-/m0/s1. The lowest BCUT2D eigenvalue weighted by Gasteiger charge is -2.38. The number of rotatable bonds is 2. The van der Waals surface area contributed by atoms with E-state index in [4.69, 9.17) is 9.47 Å². The van der Waals surface area contributed by atoms with Crippen LogP contribution in [0.15, 0.2) is 24.3 Å². The second-order valence-electron chi connectivity index (χ2n) is 11.1. The summed E-state index contributed by atoms with van der Waals surface area (Å²) in [5.41, 5.74) is 2.80. The van der Waals surface area contributed by atoms with Crippen LogP contribution in [0.3, 0.4) is 0 Å². The molecule has 0 radical (unpaired) electrons. The first-order chi connectivity index (χ1) is 14.7. The molecule has 5 heteroatoms. The van der Waals surface area contributed by atoms with Crippen LogP contribution in [0.5, 0.6) is 5.75 Å². The highest BCUT2D eigenvalue weighted by Crippen LogP contribution is 2.44. The largest absolute Gasteiger partial charge is 0.487 e. The van der Waals surface area contributed by atoms with Gasteiger partial charge in [-0.3, -0.25) is 4.90 Å². The lowest BCUT2D eigenvalue weighted by Crippen LogP contribution is -2.47. The normalized spacial score (nSPS) is 25.7. The van der Waals surface area contributed by atoms with Crippen molar-refractivity contribution in [2.45, 2.75) is 83.5 Å². The van der Waals surface area contributed by atoms with Crippen LogP contribution in [0.25, 0.3) is 5.70 Å². The molecule has 1 aliphatic carbocycles. The molecule has 168 valence electrons. The quantitative estimate of drug-likeness (QED) is 0.651. The van der Waals surface area contributed by atoms with Gasteiger partial charge in [0.25, 0.3) is 0 Å². The van der Waals surface area contributed by atoms with Gasteiger partial charge in [-0.1, -0.05) is 13.0 Å². The molecule has 1 saturated heterocycles. The Kier molecular flexibility index (Phi) is 5.08. The van der Waals surface area contributed by atoms with Crippen LogP contribution < -0.4 is 4.74 Å². The predicted octanol–water partition coefficient (Wildman–Crippen LogP) is 5.24. The van der Waals surface area contributed by atoms with Crippen molar-refractivity contribution in [2.24, 2.45) is 5.92 Å². The van der Waals surface area contributed by atoms with Crippen LogP contribution >= 0.6 is 0 Å². The number of ether oxygens (including phenoxy) is 2. The second kappa shape index (κ2) is 7.54. The molecule has 0 N–H and O–H groups in total. The third-order valence-corrected chi connectivity index (χ3v) is 7.08. The molecule has 0 aromatic heterocycles. The molecule has 2 fully saturated rings. The zero-order chi connectivity index (χ0) is 21.8. The minimum absolute atomic E-state index is 0.0351. The molecule has 1 saturated carbocycles. The summed E-state index contributed by atoms with van der Waals surface area (Å²) in [5, 5.41) is 0. The van der Waals surface area contributed by atoms with Gasteiger partial charge in [0.15, 0.2) is 0 Å². The fourth-order valence-electron chi connectivity index (χ4n) is 5.28. The number of amides is 1. The van der Waals surface area contributed by atoms with Crippen LogP contribution in [0, 0.1) is 5.92 Å². The van der Waals surface area contributed by atoms with Crippen molar-refractivity contribution in [3.05, 3.63) is 35.4 Å². The van der Waals surface area contributed by atoms with Gasteiger partial charge in [0, 0.05) is 44.9 Å². The Morgan fingerprint density at radius 2 is 1.94 bits per heavy atom. The van der Waals surface area contributed by atoms with E-state index in [1.165, 1.54) is 18.4 Å². The van der Waals surface area contributed by atoms with Crippen molar-refractivity contribution >= 4 is 11.8 Å². The first-order valence-corrected chi connectivity index (χ1v) is 12.0. The number of carbonyl (C=O) groups is 1. The minimum Gasteiger partial charge on any atom is -0.487 e. The van der Waals surface area contributed by atoms with Crippen LogP contribution in [-0.2, 0) is 11.2 Å². The molecule has 3 heterocycles. The molecule has 3 aliphatic heterocycles. The molecule has 5 rings (SSSR count). The summed E-state index contributed by atoms with van der Waals surface area (Å²) in [6, 6.07) is 7.30. The van der Waals surface area contributed by atoms with E-state index in [-0.39, 0.29) is 11.7 Å². The van der Waals surface area contributed by atoms with Gasteiger partial charge in [0.2, 0.25) is 0 Å². The lowest BCUT2D eigenvalue weighted by molar-refractivity contribution is 0.0170. The van der Waals surface area contributed by atoms with Crippen molar-refractivity contribution in [1.29, 1.82) is 0 Å². The van der Waals surface area contributed by atoms with Gasteiger partial charge in [-0.05, 0) is 75.3 Å². The fraction of sp³-hybridized carbons (Fsp3) is 0.654. The topological polar surface area (TPSA) is 42.0 Å². The summed E-state index contributed by atoms with van der Waals surface area (Å²) in [4.78, 5) is 17.4. The van der Waals surface area contributed by atoms with Crippen LogP contribution in [-0.4, -0.2) is 52.8 Å². The number of allylic oxidation sites excluding steroid dienone is 1. The van der Waals surface area contributed by atoms with Crippen molar-refractivity contribution in [3.8, 4) is 5.75 Å². The average Bonchev–Trinajstić information content (AvgIpc) is 3.48. The summed E-state index contributed by atoms with van der Waals surface area (Å²) < 4.78 is 12.2. The lowest BCUT2D eigenvalue weighted by atomic mass is 9.86. The molecule has 31 heavy (non-hydrogen) atoms. The van der Waals surface area contributed by atoms with Crippen LogP contribution in [0.2, 0.25) is 0 Å². The summed E-state index contributed by atoms with van der Waals surface area (Å²) in [6.45, 7) is 10.9. The number of nitrogens with zero attached hydrogens (tertiary/aromatic N) is 2.